The molecule has 1 unspecified atom stereocenters. The topological polar surface area (TPSA) is 20.2 Å². The van der Waals surface area contributed by atoms with Crippen LogP contribution < -0.4 is 0 Å². The summed E-state index contributed by atoms with van der Waals surface area (Å²) in [6.45, 7) is 4.74. The highest BCUT2D eigenvalue weighted by Crippen LogP contribution is 2.12. The van der Waals surface area contributed by atoms with E-state index in [2.05, 4.69) is 13.8 Å². The minimum Gasteiger partial charge on any atom is -0.396 e. The van der Waals surface area contributed by atoms with E-state index in [1.165, 1.54) is 57.8 Å². The molecule has 0 fully saturated rings. The van der Waals surface area contributed by atoms with Gasteiger partial charge in [0.2, 0.25) is 0 Å². The summed E-state index contributed by atoms with van der Waals surface area (Å²) >= 11 is 0. The van der Waals surface area contributed by atoms with Gasteiger partial charge in [-0.3, -0.25) is 0 Å². The summed E-state index contributed by atoms with van der Waals surface area (Å²) in [5.74, 6) is 0.509. The Balaban J connectivity index is 2.92. The van der Waals surface area contributed by atoms with Gasteiger partial charge in [-0.05, 0) is 12.3 Å². The van der Waals surface area contributed by atoms with Gasteiger partial charge in [0, 0.05) is 6.61 Å². The zero-order valence-electron chi connectivity index (χ0n) is 10.1. The molecule has 1 heteroatoms. The quantitative estimate of drug-likeness (QED) is 0.525. The van der Waals surface area contributed by atoms with E-state index in [4.69, 9.17) is 5.11 Å². The van der Waals surface area contributed by atoms with Gasteiger partial charge in [0.15, 0.2) is 0 Å². The molecule has 0 aromatic heterocycles. The molecule has 0 spiro atoms. The smallest absolute Gasteiger partial charge is 0.0456 e. The molecule has 86 valence electrons. The van der Waals surface area contributed by atoms with Crippen LogP contribution >= 0.6 is 0 Å². The predicted molar refractivity (Wildman–Crippen MR) is 63.5 cm³/mol. The highest BCUT2D eigenvalue weighted by molar-refractivity contribution is 4.51. The Morgan fingerprint density at radius 2 is 1.36 bits per heavy atom. The van der Waals surface area contributed by atoms with E-state index in [0.717, 1.165) is 0 Å². The normalized spacial score (nSPS) is 13.1. The van der Waals surface area contributed by atoms with E-state index in [0.29, 0.717) is 12.5 Å². The van der Waals surface area contributed by atoms with Crippen molar-refractivity contribution in [2.45, 2.75) is 71.6 Å². The molecule has 0 aliphatic heterocycles. The molecule has 0 saturated heterocycles. The van der Waals surface area contributed by atoms with E-state index < -0.39 is 0 Å². The Morgan fingerprint density at radius 3 is 1.86 bits per heavy atom. The monoisotopic (exact) mass is 200 g/mol. The Morgan fingerprint density at radius 1 is 0.857 bits per heavy atom. The highest BCUT2D eigenvalue weighted by atomic mass is 16.3. The van der Waals surface area contributed by atoms with Gasteiger partial charge in [0.25, 0.3) is 0 Å². The van der Waals surface area contributed by atoms with Crippen molar-refractivity contribution in [1.29, 1.82) is 0 Å². The molecule has 0 heterocycles. The lowest BCUT2D eigenvalue weighted by molar-refractivity contribution is 0.227. The number of hydrogen-bond donors (Lipinski definition) is 1. The molecule has 0 aromatic rings. The van der Waals surface area contributed by atoms with Crippen molar-refractivity contribution in [2.75, 3.05) is 6.61 Å². The number of aliphatic hydroxyl groups is 1. The van der Waals surface area contributed by atoms with E-state index in [9.17, 15) is 0 Å². The third kappa shape index (κ3) is 10.0. The summed E-state index contributed by atoms with van der Waals surface area (Å²) < 4.78 is 0. The van der Waals surface area contributed by atoms with Crippen LogP contribution in [0.4, 0.5) is 0 Å². The van der Waals surface area contributed by atoms with Gasteiger partial charge in [0.05, 0.1) is 0 Å². The van der Waals surface area contributed by atoms with Crippen molar-refractivity contribution in [3.63, 3.8) is 0 Å². The maximum absolute atomic E-state index is 8.83. The lowest BCUT2D eigenvalue weighted by Gasteiger charge is -2.06. The summed E-state index contributed by atoms with van der Waals surface area (Å²) in [4.78, 5) is 0. The molecular weight excluding hydrogens is 172 g/mol. The molecule has 0 amide bonds. The Bertz CT molecular complexity index is 101. The molecule has 0 aliphatic rings. The number of aliphatic hydroxyl groups excluding tert-OH is 1. The Hall–Kier alpha value is -0.0400. The van der Waals surface area contributed by atoms with E-state index in [1.807, 2.05) is 0 Å². The van der Waals surface area contributed by atoms with Crippen LogP contribution in [0.1, 0.15) is 71.6 Å². The third-order valence-corrected chi connectivity index (χ3v) is 2.86. The minimum absolute atomic E-state index is 0.358. The van der Waals surface area contributed by atoms with Gasteiger partial charge >= 0.3 is 0 Å². The lowest BCUT2D eigenvalue weighted by atomic mass is 10.0. The van der Waals surface area contributed by atoms with Gasteiger partial charge in [0.1, 0.15) is 0 Å². The van der Waals surface area contributed by atoms with E-state index in [-0.39, 0.29) is 0 Å². The third-order valence-electron chi connectivity index (χ3n) is 2.86. The molecule has 0 rings (SSSR count). The predicted octanol–water partition coefficient (Wildman–Crippen LogP) is 4.15. The molecule has 1 atom stereocenters. The second-order valence-corrected chi connectivity index (χ2v) is 4.55. The van der Waals surface area contributed by atoms with Crippen LogP contribution in [0.15, 0.2) is 0 Å². The molecule has 0 aromatic carbocycles. The van der Waals surface area contributed by atoms with Gasteiger partial charge in [-0.25, -0.2) is 0 Å². The number of hydrogen-bond acceptors (Lipinski definition) is 1. The second kappa shape index (κ2) is 11.0. The first-order valence-corrected chi connectivity index (χ1v) is 6.42. The average molecular weight is 200 g/mol. The standard InChI is InChI=1S/C13H28O/c1-3-4-5-6-7-8-9-10-11-13(2)12-14/h13-14H,3-12H2,1-2H3. The lowest BCUT2D eigenvalue weighted by Crippen LogP contribution is -1.99. The maximum atomic E-state index is 8.83. The first-order chi connectivity index (χ1) is 6.81. The van der Waals surface area contributed by atoms with Crippen molar-refractivity contribution in [3.8, 4) is 0 Å². The van der Waals surface area contributed by atoms with E-state index >= 15 is 0 Å². The Labute approximate surface area is 89.9 Å². The fourth-order valence-corrected chi connectivity index (χ4v) is 1.72. The van der Waals surface area contributed by atoms with E-state index in [1.54, 1.807) is 0 Å². The molecule has 1 N–H and O–H groups in total. The van der Waals surface area contributed by atoms with Crippen molar-refractivity contribution in [3.05, 3.63) is 0 Å². The first-order valence-electron chi connectivity index (χ1n) is 6.42. The molecule has 1 nitrogen and oxygen atoms in total. The zero-order chi connectivity index (χ0) is 10.6. The van der Waals surface area contributed by atoms with Crippen molar-refractivity contribution >= 4 is 0 Å². The second-order valence-electron chi connectivity index (χ2n) is 4.55. The largest absolute Gasteiger partial charge is 0.396 e. The van der Waals surface area contributed by atoms with Crippen LogP contribution in [-0.2, 0) is 0 Å². The van der Waals surface area contributed by atoms with Crippen LogP contribution in [0.2, 0.25) is 0 Å². The van der Waals surface area contributed by atoms with Gasteiger partial charge < -0.3 is 5.11 Å². The van der Waals surface area contributed by atoms with Gasteiger partial charge in [-0.1, -0.05) is 65.2 Å². The van der Waals surface area contributed by atoms with Crippen molar-refractivity contribution < 1.29 is 5.11 Å². The summed E-state index contributed by atoms with van der Waals surface area (Å²) in [6.07, 6.45) is 12.2. The fraction of sp³-hybridized carbons (Fsp3) is 1.00. The fourth-order valence-electron chi connectivity index (χ4n) is 1.72. The van der Waals surface area contributed by atoms with Crippen LogP contribution in [0.25, 0.3) is 0 Å². The van der Waals surface area contributed by atoms with Crippen LogP contribution in [0, 0.1) is 5.92 Å². The van der Waals surface area contributed by atoms with Crippen LogP contribution in [-0.4, -0.2) is 11.7 Å². The van der Waals surface area contributed by atoms with Crippen LogP contribution in [0.3, 0.4) is 0 Å². The summed E-state index contributed by atoms with van der Waals surface area (Å²) in [7, 11) is 0. The van der Waals surface area contributed by atoms with Gasteiger partial charge in [-0.15, -0.1) is 0 Å². The molecule has 14 heavy (non-hydrogen) atoms. The van der Waals surface area contributed by atoms with Crippen LogP contribution in [0.5, 0.6) is 0 Å². The molecule has 0 aliphatic carbocycles. The molecular formula is C13H28O. The SMILES string of the molecule is CCCCCCCCCCC(C)CO. The molecule has 0 radical (unpaired) electrons. The minimum atomic E-state index is 0.358. The zero-order valence-corrected chi connectivity index (χ0v) is 10.1. The molecule has 0 saturated carbocycles. The number of rotatable bonds is 10. The molecule has 0 bridgehead atoms. The summed E-state index contributed by atoms with van der Waals surface area (Å²) in [6, 6.07) is 0. The maximum Gasteiger partial charge on any atom is 0.0456 e. The summed E-state index contributed by atoms with van der Waals surface area (Å²) in [5.41, 5.74) is 0. The van der Waals surface area contributed by atoms with Gasteiger partial charge in [-0.2, -0.15) is 0 Å². The number of unbranched alkanes of at least 4 members (excludes halogenated alkanes) is 7. The average Bonchev–Trinajstić information content (AvgIpc) is 2.21. The van der Waals surface area contributed by atoms with Crippen molar-refractivity contribution in [2.24, 2.45) is 5.92 Å². The summed E-state index contributed by atoms with van der Waals surface area (Å²) in [5, 5.41) is 8.83. The van der Waals surface area contributed by atoms with Crippen molar-refractivity contribution in [1.82, 2.24) is 0 Å². The first kappa shape index (κ1) is 14.0. The Kier molecular flexibility index (Phi) is 11.0. The highest BCUT2D eigenvalue weighted by Gasteiger charge is 1.98.